The van der Waals surface area contributed by atoms with Gasteiger partial charge in [-0.3, -0.25) is 0 Å². The van der Waals surface area contributed by atoms with Crippen LogP contribution in [0.2, 0.25) is 0 Å². The highest BCUT2D eigenvalue weighted by Gasteiger charge is 2.04. The van der Waals surface area contributed by atoms with E-state index in [4.69, 9.17) is 11.2 Å². The van der Waals surface area contributed by atoms with E-state index >= 15 is 0 Å². The molecule has 0 spiro atoms. The number of aliphatic hydroxyl groups is 1. The SMILES string of the molecule is C#CCSCCNCC(O)COc1ccc(Br)cc1. The van der Waals surface area contributed by atoms with Crippen molar-refractivity contribution in [2.75, 3.05) is 31.2 Å². The first kappa shape index (κ1) is 16.4. The van der Waals surface area contributed by atoms with Gasteiger partial charge in [0.05, 0.1) is 5.75 Å². The molecule has 1 aromatic rings. The average Bonchev–Trinajstić information content (AvgIpc) is 2.42. The Bertz CT molecular complexity index is 391. The molecule has 0 radical (unpaired) electrons. The van der Waals surface area contributed by atoms with E-state index in [2.05, 4.69) is 27.2 Å². The van der Waals surface area contributed by atoms with Crippen molar-refractivity contribution in [2.45, 2.75) is 6.10 Å². The fourth-order valence-electron chi connectivity index (χ4n) is 1.33. The Morgan fingerprint density at radius 3 is 2.84 bits per heavy atom. The van der Waals surface area contributed by atoms with Crippen molar-refractivity contribution in [3.05, 3.63) is 28.7 Å². The van der Waals surface area contributed by atoms with E-state index in [1.807, 2.05) is 24.3 Å². The summed E-state index contributed by atoms with van der Waals surface area (Å²) in [6.45, 7) is 1.64. The lowest BCUT2D eigenvalue weighted by Crippen LogP contribution is -2.32. The summed E-state index contributed by atoms with van der Waals surface area (Å²) in [4.78, 5) is 0. The summed E-state index contributed by atoms with van der Waals surface area (Å²) in [6.07, 6.45) is 4.63. The Labute approximate surface area is 127 Å². The topological polar surface area (TPSA) is 41.5 Å². The van der Waals surface area contributed by atoms with Gasteiger partial charge in [0, 0.05) is 23.3 Å². The van der Waals surface area contributed by atoms with Gasteiger partial charge in [0.2, 0.25) is 0 Å². The number of terminal acetylenes is 1. The summed E-state index contributed by atoms with van der Waals surface area (Å²) in [5, 5.41) is 12.9. The van der Waals surface area contributed by atoms with Crippen molar-refractivity contribution < 1.29 is 9.84 Å². The smallest absolute Gasteiger partial charge is 0.119 e. The van der Waals surface area contributed by atoms with Crippen LogP contribution in [0.1, 0.15) is 0 Å². The highest BCUT2D eigenvalue weighted by molar-refractivity contribution is 9.10. The Morgan fingerprint density at radius 2 is 2.16 bits per heavy atom. The van der Waals surface area contributed by atoms with Crippen LogP contribution < -0.4 is 10.1 Å². The minimum Gasteiger partial charge on any atom is -0.491 e. The zero-order valence-corrected chi connectivity index (χ0v) is 13.0. The van der Waals surface area contributed by atoms with Crippen LogP contribution in [0.25, 0.3) is 0 Å². The third-order valence-electron chi connectivity index (χ3n) is 2.24. The van der Waals surface area contributed by atoms with Crippen LogP contribution >= 0.6 is 27.7 Å². The van der Waals surface area contributed by atoms with Gasteiger partial charge in [-0.25, -0.2) is 0 Å². The molecule has 0 aliphatic carbocycles. The maximum Gasteiger partial charge on any atom is 0.119 e. The van der Waals surface area contributed by atoms with E-state index in [1.54, 1.807) is 11.8 Å². The summed E-state index contributed by atoms with van der Waals surface area (Å²) < 4.78 is 6.48. The minimum absolute atomic E-state index is 0.284. The Morgan fingerprint density at radius 1 is 1.42 bits per heavy atom. The molecule has 19 heavy (non-hydrogen) atoms. The highest BCUT2D eigenvalue weighted by Crippen LogP contribution is 2.16. The molecule has 2 N–H and O–H groups in total. The van der Waals surface area contributed by atoms with E-state index in [1.165, 1.54) is 0 Å². The molecule has 0 aliphatic heterocycles. The molecule has 0 aromatic heterocycles. The van der Waals surface area contributed by atoms with Crippen molar-refractivity contribution in [2.24, 2.45) is 0 Å². The van der Waals surface area contributed by atoms with Crippen LogP contribution in [-0.4, -0.2) is 42.4 Å². The summed E-state index contributed by atoms with van der Waals surface area (Å²) in [5.41, 5.74) is 0. The third kappa shape index (κ3) is 8.17. The lowest BCUT2D eigenvalue weighted by atomic mass is 10.3. The number of aliphatic hydroxyl groups excluding tert-OH is 1. The van der Waals surface area contributed by atoms with Crippen LogP contribution in [0.5, 0.6) is 5.75 Å². The van der Waals surface area contributed by atoms with Crippen molar-refractivity contribution in [3.8, 4) is 18.1 Å². The molecule has 0 amide bonds. The Kier molecular flexibility index (Phi) is 8.76. The second-order valence-corrected chi connectivity index (χ2v) is 5.90. The van der Waals surface area contributed by atoms with Crippen molar-refractivity contribution in [1.29, 1.82) is 0 Å². The number of ether oxygens (including phenoxy) is 1. The molecule has 104 valence electrons. The molecule has 0 saturated carbocycles. The molecule has 1 rings (SSSR count). The molecule has 1 atom stereocenters. The first-order chi connectivity index (χ1) is 9.22. The average molecular weight is 344 g/mol. The Balaban J connectivity index is 2.06. The summed E-state index contributed by atoms with van der Waals surface area (Å²) in [5.74, 6) is 5.01. The molecule has 0 saturated heterocycles. The molecule has 0 aliphatic rings. The minimum atomic E-state index is -0.513. The second kappa shape index (κ2) is 10.2. The maximum absolute atomic E-state index is 9.73. The number of halogens is 1. The van der Waals surface area contributed by atoms with Gasteiger partial charge in [-0.2, -0.15) is 0 Å². The van der Waals surface area contributed by atoms with Gasteiger partial charge >= 0.3 is 0 Å². The normalized spacial score (nSPS) is 11.8. The Hall–Kier alpha value is -0.670. The number of benzene rings is 1. The molecule has 1 aromatic carbocycles. The van der Waals surface area contributed by atoms with Gasteiger partial charge in [-0.15, -0.1) is 18.2 Å². The zero-order valence-electron chi connectivity index (χ0n) is 10.6. The molecule has 5 heteroatoms. The molecule has 1 unspecified atom stereocenters. The van der Waals surface area contributed by atoms with Crippen molar-refractivity contribution >= 4 is 27.7 Å². The lowest BCUT2D eigenvalue weighted by molar-refractivity contribution is 0.107. The van der Waals surface area contributed by atoms with Gasteiger partial charge in [-0.1, -0.05) is 21.9 Å². The predicted molar refractivity (Wildman–Crippen MR) is 84.7 cm³/mol. The van der Waals surface area contributed by atoms with Crippen LogP contribution in [0.3, 0.4) is 0 Å². The number of nitrogens with one attached hydrogen (secondary N) is 1. The fraction of sp³-hybridized carbons (Fsp3) is 0.429. The van der Waals surface area contributed by atoms with E-state index in [9.17, 15) is 5.11 Å². The number of thioether (sulfide) groups is 1. The van der Waals surface area contributed by atoms with Crippen LogP contribution in [0.15, 0.2) is 28.7 Å². The van der Waals surface area contributed by atoms with E-state index in [0.717, 1.165) is 28.3 Å². The molecule has 0 bridgehead atoms. The van der Waals surface area contributed by atoms with Crippen molar-refractivity contribution in [3.63, 3.8) is 0 Å². The van der Waals surface area contributed by atoms with E-state index in [-0.39, 0.29) is 6.61 Å². The fourth-order valence-corrected chi connectivity index (χ4v) is 2.14. The van der Waals surface area contributed by atoms with Gasteiger partial charge in [0.15, 0.2) is 0 Å². The first-order valence-electron chi connectivity index (χ1n) is 6.00. The molecule has 3 nitrogen and oxygen atoms in total. The van der Waals surface area contributed by atoms with Crippen molar-refractivity contribution in [1.82, 2.24) is 5.32 Å². The number of hydrogen-bond donors (Lipinski definition) is 2. The van der Waals surface area contributed by atoms with Gasteiger partial charge in [0.1, 0.15) is 18.5 Å². The summed E-state index contributed by atoms with van der Waals surface area (Å²) in [6, 6.07) is 7.53. The van der Waals surface area contributed by atoms with Crippen LogP contribution in [0, 0.1) is 12.3 Å². The summed E-state index contributed by atoms with van der Waals surface area (Å²) >= 11 is 5.06. The van der Waals surface area contributed by atoms with Gasteiger partial charge in [-0.05, 0) is 24.3 Å². The second-order valence-electron chi connectivity index (χ2n) is 3.88. The number of rotatable bonds is 9. The van der Waals surface area contributed by atoms with E-state index < -0.39 is 6.10 Å². The van der Waals surface area contributed by atoms with Crippen LogP contribution in [0.4, 0.5) is 0 Å². The van der Waals surface area contributed by atoms with E-state index in [0.29, 0.717) is 6.54 Å². The predicted octanol–water partition coefficient (Wildman–Crippen LogP) is 2.14. The van der Waals surface area contributed by atoms with Gasteiger partial charge < -0.3 is 15.2 Å². The maximum atomic E-state index is 9.73. The zero-order chi connectivity index (χ0) is 13.9. The molecular weight excluding hydrogens is 326 g/mol. The largest absolute Gasteiger partial charge is 0.491 e. The standard InChI is InChI=1S/C14H18BrNO2S/c1-2-8-19-9-7-16-10-13(17)11-18-14-5-3-12(15)4-6-14/h1,3-6,13,16-17H,7-11H2. The molecule has 0 heterocycles. The number of hydrogen-bond acceptors (Lipinski definition) is 4. The monoisotopic (exact) mass is 343 g/mol. The van der Waals surface area contributed by atoms with Gasteiger partial charge in [0.25, 0.3) is 0 Å². The lowest BCUT2D eigenvalue weighted by Gasteiger charge is -2.13. The highest BCUT2D eigenvalue weighted by atomic mass is 79.9. The molecular formula is C14H18BrNO2S. The quantitative estimate of drug-likeness (QED) is 0.532. The summed E-state index contributed by atoms with van der Waals surface area (Å²) in [7, 11) is 0. The first-order valence-corrected chi connectivity index (χ1v) is 7.95. The molecule has 0 fully saturated rings. The van der Waals surface area contributed by atoms with Crippen LogP contribution in [-0.2, 0) is 0 Å². The third-order valence-corrected chi connectivity index (χ3v) is 3.64.